The van der Waals surface area contributed by atoms with Gasteiger partial charge in [0.1, 0.15) is 0 Å². The molecule has 1 aromatic rings. The van der Waals surface area contributed by atoms with E-state index in [-0.39, 0.29) is 30.7 Å². The zero-order valence-corrected chi connectivity index (χ0v) is 15.6. The first-order chi connectivity index (χ1) is 10.2. The number of nitrogens with one attached hydrogen (secondary N) is 2. The van der Waals surface area contributed by atoms with Crippen molar-refractivity contribution in [1.82, 2.24) is 10.6 Å². The average Bonchev–Trinajstić information content (AvgIpc) is 3.04. The van der Waals surface area contributed by atoms with Crippen molar-refractivity contribution in [2.24, 2.45) is 0 Å². The Kier molecular flexibility index (Phi) is 11.1. The summed E-state index contributed by atoms with van der Waals surface area (Å²) in [5.41, 5.74) is 1.93. The lowest BCUT2D eigenvalue weighted by Crippen LogP contribution is -2.37. The van der Waals surface area contributed by atoms with Crippen molar-refractivity contribution in [1.29, 1.82) is 0 Å². The zero-order chi connectivity index (χ0) is 15.1. The molecule has 1 aliphatic heterocycles. The van der Waals surface area contributed by atoms with Gasteiger partial charge in [0.2, 0.25) is 0 Å². The second kappa shape index (κ2) is 11.5. The summed E-state index contributed by atoms with van der Waals surface area (Å²) in [5, 5.41) is 6.40. The molecule has 6 heteroatoms. The molecule has 0 bridgehead atoms. The van der Waals surface area contributed by atoms with Crippen molar-refractivity contribution in [2.45, 2.75) is 39.2 Å². The van der Waals surface area contributed by atoms with Crippen LogP contribution in [0.3, 0.4) is 0 Å². The lowest BCUT2D eigenvalue weighted by Gasteiger charge is -2.22. The molecule has 1 fully saturated rings. The van der Waals surface area contributed by atoms with E-state index in [1.54, 1.807) is 0 Å². The minimum atomic E-state index is 0. The third kappa shape index (κ3) is 6.58. The summed E-state index contributed by atoms with van der Waals surface area (Å²) in [5.74, 6) is 0.0220. The van der Waals surface area contributed by atoms with Crippen LogP contribution < -0.4 is 15.5 Å². The number of hydrogen-bond donors (Lipinski definition) is 2. The van der Waals surface area contributed by atoms with Crippen LogP contribution in [0, 0.1) is 0 Å². The number of anilines is 1. The molecule has 0 radical (unpaired) electrons. The number of amides is 1. The van der Waals surface area contributed by atoms with Gasteiger partial charge in [-0.15, -0.1) is 24.8 Å². The predicted octanol–water partition coefficient (Wildman–Crippen LogP) is 3.25. The molecular formula is C17H29Cl2N3O. The summed E-state index contributed by atoms with van der Waals surface area (Å²) < 4.78 is 0. The first-order valence-electron chi connectivity index (χ1n) is 8.11. The molecule has 0 aliphatic carbocycles. The fraction of sp³-hybridized carbons (Fsp3) is 0.588. The van der Waals surface area contributed by atoms with Gasteiger partial charge in [-0.2, -0.15) is 0 Å². The minimum absolute atomic E-state index is 0. The van der Waals surface area contributed by atoms with Crippen molar-refractivity contribution in [3.05, 3.63) is 29.8 Å². The normalized spacial score (nSPS) is 16.2. The molecule has 0 spiro atoms. The van der Waals surface area contributed by atoms with Crippen molar-refractivity contribution in [2.75, 3.05) is 31.1 Å². The standard InChI is InChI=1S/C17H27N3O.2ClH/c1-3-12-20(4-2)16-9-7-14(8-10-16)17(21)19-13-15-6-5-11-18-15;;/h7-10,15,18H,3-6,11-13H2,1-2H3,(H,19,21);2*1H. The lowest BCUT2D eigenvalue weighted by atomic mass is 10.1. The molecule has 132 valence electrons. The molecule has 2 rings (SSSR count). The second-order valence-electron chi connectivity index (χ2n) is 5.63. The molecule has 1 aromatic carbocycles. The highest BCUT2D eigenvalue weighted by Gasteiger charge is 2.15. The summed E-state index contributed by atoms with van der Waals surface area (Å²) in [7, 11) is 0. The Balaban J connectivity index is 0.00000242. The summed E-state index contributed by atoms with van der Waals surface area (Å²) in [4.78, 5) is 14.4. The Morgan fingerprint density at radius 3 is 2.48 bits per heavy atom. The van der Waals surface area contributed by atoms with E-state index in [2.05, 4.69) is 29.4 Å². The van der Waals surface area contributed by atoms with Gasteiger partial charge in [0, 0.05) is 36.9 Å². The quantitative estimate of drug-likeness (QED) is 0.783. The van der Waals surface area contributed by atoms with Gasteiger partial charge in [0.25, 0.3) is 5.91 Å². The molecule has 1 unspecified atom stereocenters. The smallest absolute Gasteiger partial charge is 0.251 e. The molecule has 0 saturated carbocycles. The fourth-order valence-electron chi connectivity index (χ4n) is 2.81. The van der Waals surface area contributed by atoms with E-state index >= 15 is 0 Å². The Hall–Kier alpha value is -0.970. The Morgan fingerprint density at radius 2 is 1.96 bits per heavy atom. The monoisotopic (exact) mass is 361 g/mol. The molecule has 23 heavy (non-hydrogen) atoms. The highest BCUT2D eigenvalue weighted by molar-refractivity contribution is 5.94. The average molecular weight is 362 g/mol. The molecule has 0 aromatic heterocycles. The summed E-state index contributed by atoms with van der Waals surface area (Å²) >= 11 is 0. The number of benzene rings is 1. The van der Waals surface area contributed by atoms with Crippen LogP contribution in [-0.4, -0.2) is 38.1 Å². The van der Waals surface area contributed by atoms with Crippen molar-refractivity contribution in [3.63, 3.8) is 0 Å². The van der Waals surface area contributed by atoms with E-state index in [0.29, 0.717) is 6.04 Å². The van der Waals surface area contributed by atoms with Gasteiger partial charge in [0.15, 0.2) is 0 Å². The Morgan fingerprint density at radius 1 is 1.26 bits per heavy atom. The third-order valence-corrected chi connectivity index (χ3v) is 4.04. The number of hydrogen-bond acceptors (Lipinski definition) is 3. The van der Waals surface area contributed by atoms with Crippen LogP contribution in [0.4, 0.5) is 5.69 Å². The summed E-state index contributed by atoms with van der Waals surface area (Å²) in [6, 6.07) is 8.37. The van der Waals surface area contributed by atoms with Crippen molar-refractivity contribution >= 4 is 36.4 Å². The van der Waals surface area contributed by atoms with Crippen LogP contribution in [-0.2, 0) is 0 Å². The summed E-state index contributed by atoms with van der Waals surface area (Å²) in [6.45, 7) is 8.17. The molecule has 1 saturated heterocycles. The van der Waals surface area contributed by atoms with Crippen LogP contribution in [0.2, 0.25) is 0 Å². The van der Waals surface area contributed by atoms with Crippen LogP contribution in [0.25, 0.3) is 0 Å². The van der Waals surface area contributed by atoms with E-state index < -0.39 is 0 Å². The van der Waals surface area contributed by atoms with E-state index in [4.69, 9.17) is 0 Å². The fourth-order valence-corrected chi connectivity index (χ4v) is 2.81. The van der Waals surface area contributed by atoms with E-state index in [1.165, 1.54) is 12.1 Å². The first-order valence-corrected chi connectivity index (χ1v) is 8.11. The molecule has 2 N–H and O–H groups in total. The first kappa shape index (κ1) is 22.0. The number of rotatable bonds is 7. The van der Waals surface area contributed by atoms with E-state index in [0.717, 1.165) is 44.6 Å². The predicted molar refractivity (Wildman–Crippen MR) is 102 cm³/mol. The number of carbonyl (C=O) groups excluding carboxylic acids is 1. The maximum atomic E-state index is 12.1. The highest BCUT2D eigenvalue weighted by atomic mass is 35.5. The third-order valence-electron chi connectivity index (χ3n) is 4.04. The van der Waals surface area contributed by atoms with Gasteiger partial charge in [-0.05, 0) is 57.0 Å². The molecule has 1 amide bonds. The van der Waals surface area contributed by atoms with Gasteiger partial charge >= 0.3 is 0 Å². The van der Waals surface area contributed by atoms with Gasteiger partial charge in [0.05, 0.1) is 0 Å². The number of halogens is 2. The van der Waals surface area contributed by atoms with Gasteiger partial charge < -0.3 is 15.5 Å². The topological polar surface area (TPSA) is 44.4 Å². The maximum absolute atomic E-state index is 12.1. The second-order valence-corrected chi connectivity index (χ2v) is 5.63. The van der Waals surface area contributed by atoms with Crippen molar-refractivity contribution < 1.29 is 4.79 Å². The molecular weight excluding hydrogens is 333 g/mol. The Bertz CT molecular complexity index is 448. The molecule has 1 heterocycles. The van der Waals surface area contributed by atoms with Gasteiger partial charge in [-0.1, -0.05) is 6.92 Å². The van der Waals surface area contributed by atoms with Crippen LogP contribution in [0.1, 0.15) is 43.5 Å². The zero-order valence-electron chi connectivity index (χ0n) is 14.0. The van der Waals surface area contributed by atoms with E-state index in [1.807, 2.05) is 24.3 Å². The van der Waals surface area contributed by atoms with Crippen LogP contribution in [0.15, 0.2) is 24.3 Å². The molecule has 1 atom stereocenters. The highest BCUT2D eigenvalue weighted by Crippen LogP contribution is 2.15. The maximum Gasteiger partial charge on any atom is 0.251 e. The van der Waals surface area contributed by atoms with Gasteiger partial charge in [-0.3, -0.25) is 4.79 Å². The lowest BCUT2D eigenvalue weighted by molar-refractivity contribution is 0.0950. The van der Waals surface area contributed by atoms with Crippen LogP contribution in [0.5, 0.6) is 0 Å². The number of nitrogens with zero attached hydrogens (tertiary/aromatic N) is 1. The van der Waals surface area contributed by atoms with E-state index in [9.17, 15) is 4.79 Å². The molecule has 4 nitrogen and oxygen atoms in total. The minimum Gasteiger partial charge on any atom is -0.372 e. The number of carbonyl (C=O) groups is 1. The van der Waals surface area contributed by atoms with Crippen LogP contribution >= 0.6 is 24.8 Å². The Labute approximate surface area is 152 Å². The molecule has 1 aliphatic rings. The van der Waals surface area contributed by atoms with Gasteiger partial charge in [-0.25, -0.2) is 0 Å². The van der Waals surface area contributed by atoms with Crippen molar-refractivity contribution in [3.8, 4) is 0 Å². The SMILES string of the molecule is CCCN(CC)c1ccc(C(=O)NCC2CCCN2)cc1.Cl.Cl. The largest absolute Gasteiger partial charge is 0.372 e. The summed E-state index contributed by atoms with van der Waals surface area (Å²) in [6.07, 6.45) is 3.49.